The van der Waals surface area contributed by atoms with Gasteiger partial charge < -0.3 is 4.42 Å². The third-order valence-corrected chi connectivity index (χ3v) is 6.94. The number of fused-ring (bicyclic) bond motifs is 4. The number of nitrogens with zero attached hydrogens (tertiary/aromatic N) is 2. The molecule has 5 heteroatoms. The maximum atomic E-state index is 9.14. The molecule has 0 atom stereocenters. The summed E-state index contributed by atoms with van der Waals surface area (Å²) in [6, 6.07) is 30.5. The molecule has 1 aliphatic heterocycles. The summed E-state index contributed by atoms with van der Waals surface area (Å²) in [5.74, 6) is 1.15. The molecule has 0 fully saturated rings. The number of hydrogen-bond acceptors (Lipinski definition) is 3. The lowest BCUT2D eigenvalue weighted by atomic mass is 9.96. The predicted molar refractivity (Wildman–Crippen MR) is 152 cm³/mol. The Kier molecular flexibility index (Phi) is 5.78. The van der Waals surface area contributed by atoms with Gasteiger partial charge in [-0.1, -0.05) is 83.9 Å². The van der Waals surface area contributed by atoms with Crippen LogP contribution in [0.3, 0.4) is 0 Å². The van der Waals surface area contributed by atoms with E-state index in [1.807, 2.05) is 59.5 Å². The molecule has 0 aliphatic carbocycles. The highest BCUT2D eigenvalue weighted by Crippen LogP contribution is 2.36. The van der Waals surface area contributed by atoms with Crippen LogP contribution in [0.15, 0.2) is 117 Å². The summed E-state index contributed by atoms with van der Waals surface area (Å²) < 4.78 is 7.12. The smallest absolute Gasteiger partial charge is 0.138 e. The van der Waals surface area contributed by atoms with E-state index < -0.39 is 0 Å². The first-order valence-electron chi connectivity index (χ1n) is 12.1. The Balaban J connectivity index is 1.52. The lowest BCUT2D eigenvalue weighted by molar-refractivity contribution is 0.669. The minimum atomic E-state index is 0.390. The van der Waals surface area contributed by atoms with Gasteiger partial charge in [0.15, 0.2) is 0 Å². The molecule has 4 aromatic carbocycles. The Hall–Kier alpha value is -3.96. The molecular weight excluding hydrogens is 510 g/mol. The molecule has 0 radical (unpaired) electrons. The second-order valence-corrected chi connectivity index (χ2v) is 9.75. The van der Waals surface area contributed by atoms with Crippen molar-refractivity contribution in [2.75, 3.05) is 4.90 Å². The van der Waals surface area contributed by atoms with Crippen molar-refractivity contribution in [3.8, 4) is 0 Å². The van der Waals surface area contributed by atoms with E-state index in [1.54, 1.807) is 0 Å². The van der Waals surface area contributed by atoms with Crippen LogP contribution in [0, 0.1) is 5.41 Å². The zero-order valence-corrected chi connectivity index (χ0v) is 21.4. The maximum Gasteiger partial charge on any atom is 0.138 e. The van der Waals surface area contributed by atoms with Crippen LogP contribution in [0.2, 0.25) is 0 Å². The molecular formula is C31H24BrN3O. The van der Waals surface area contributed by atoms with Crippen LogP contribution in [-0.2, 0) is 0 Å². The SMILES string of the molecule is CCC/C=C1\N=C(c2ccc3c(c2)oc2ccccc23)c2ccccc2N1C(=N)c1cccc(Br)c1. The number of allylic oxidation sites excluding steroid dienone is 1. The van der Waals surface area contributed by atoms with Crippen LogP contribution in [0.5, 0.6) is 0 Å². The summed E-state index contributed by atoms with van der Waals surface area (Å²) in [4.78, 5) is 7.11. The van der Waals surface area contributed by atoms with Gasteiger partial charge in [-0.25, -0.2) is 4.99 Å². The molecule has 0 amide bonds. The molecule has 176 valence electrons. The second-order valence-electron chi connectivity index (χ2n) is 8.83. The normalized spacial score (nSPS) is 14.3. The summed E-state index contributed by atoms with van der Waals surface area (Å²) in [6.07, 6.45) is 4.00. The summed E-state index contributed by atoms with van der Waals surface area (Å²) in [5, 5.41) is 11.3. The summed E-state index contributed by atoms with van der Waals surface area (Å²) in [6.45, 7) is 2.15. The highest BCUT2D eigenvalue weighted by molar-refractivity contribution is 9.10. The summed E-state index contributed by atoms with van der Waals surface area (Å²) >= 11 is 3.55. The number of para-hydroxylation sites is 2. The quantitative estimate of drug-likeness (QED) is 0.185. The van der Waals surface area contributed by atoms with E-state index in [-0.39, 0.29) is 0 Å². The van der Waals surface area contributed by atoms with Crippen molar-refractivity contribution in [2.24, 2.45) is 4.99 Å². The first kappa shape index (κ1) is 22.5. The Labute approximate surface area is 218 Å². The predicted octanol–water partition coefficient (Wildman–Crippen LogP) is 8.67. The lowest BCUT2D eigenvalue weighted by Gasteiger charge is -2.32. The largest absolute Gasteiger partial charge is 0.456 e. The fraction of sp³-hybridized carbons (Fsp3) is 0.0968. The number of benzene rings is 4. The Morgan fingerprint density at radius 1 is 0.917 bits per heavy atom. The van der Waals surface area contributed by atoms with Gasteiger partial charge in [0.2, 0.25) is 0 Å². The molecule has 0 bridgehead atoms. The van der Waals surface area contributed by atoms with Gasteiger partial charge >= 0.3 is 0 Å². The molecule has 0 unspecified atom stereocenters. The van der Waals surface area contributed by atoms with Gasteiger partial charge in [0.25, 0.3) is 0 Å². The number of anilines is 1. The molecule has 1 aliphatic rings. The molecule has 6 rings (SSSR count). The highest BCUT2D eigenvalue weighted by Gasteiger charge is 2.28. The average Bonchev–Trinajstić information content (AvgIpc) is 3.28. The minimum Gasteiger partial charge on any atom is -0.456 e. The molecule has 0 saturated heterocycles. The molecule has 4 nitrogen and oxygen atoms in total. The van der Waals surface area contributed by atoms with Crippen molar-refractivity contribution in [1.29, 1.82) is 5.41 Å². The molecule has 2 heterocycles. The van der Waals surface area contributed by atoms with Crippen LogP contribution in [-0.4, -0.2) is 11.5 Å². The number of rotatable bonds is 4. The van der Waals surface area contributed by atoms with E-state index in [2.05, 4.69) is 65.3 Å². The monoisotopic (exact) mass is 533 g/mol. The Morgan fingerprint density at radius 3 is 2.58 bits per heavy atom. The highest BCUT2D eigenvalue weighted by atomic mass is 79.9. The van der Waals surface area contributed by atoms with E-state index in [9.17, 15) is 0 Å². The Bertz CT molecular complexity index is 1700. The summed E-state index contributed by atoms with van der Waals surface area (Å²) in [5.41, 5.74) is 6.36. The van der Waals surface area contributed by atoms with Crippen LogP contribution < -0.4 is 4.90 Å². The number of halogens is 1. The zero-order valence-electron chi connectivity index (χ0n) is 19.8. The van der Waals surface area contributed by atoms with Crippen LogP contribution in [0.1, 0.15) is 36.5 Å². The number of furan rings is 1. The Morgan fingerprint density at radius 2 is 1.72 bits per heavy atom. The average molecular weight is 534 g/mol. The second kappa shape index (κ2) is 9.25. The van der Waals surface area contributed by atoms with Crippen molar-refractivity contribution in [1.82, 2.24) is 0 Å². The van der Waals surface area contributed by atoms with Crippen molar-refractivity contribution >= 4 is 55.1 Å². The topological polar surface area (TPSA) is 52.6 Å². The molecule has 1 N–H and O–H groups in total. The molecule has 5 aromatic rings. The van der Waals surface area contributed by atoms with E-state index >= 15 is 0 Å². The number of nitrogens with one attached hydrogen (secondary N) is 1. The number of unbranched alkanes of at least 4 members (excludes halogenated alkanes) is 1. The van der Waals surface area contributed by atoms with Gasteiger partial charge in [0.05, 0.1) is 11.4 Å². The van der Waals surface area contributed by atoms with E-state index in [1.165, 1.54) is 0 Å². The van der Waals surface area contributed by atoms with Gasteiger partial charge in [-0.15, -0.1) is 0 Å². The van der Waals surface area contributed by atoms with Gasteiger partial charge in [-0.05, 0) is 48.9 Å². The van der Waals surface area contributed by atoms with Crippen molar-refractivity contribution in [3.63, 3.8) is 0 Å². The van der Waals surface area contributed by atoms with Crippen molar-refractivity contribution in [2.45, 2.75) is 19.8 Å². The van der Waals surface area contributed by atoms with Crippen molar-refractivity contribution in [3.05, 3.63) is 124 Å². The summed E-state index contributed by atoms with van der Waals surface area (Å²) in [7, 11) is 0. The van der Waals surface area contributed by atoms with E-state index in [0.29, 0.717) is 5.84 Å². The minimum absolute atomic E-state index is 0.390. The van der Waals surface area contributed by atoms with Crippen LogP contribution in [0.4, 0.5) is 5.69 Å². The van der Waals surface area contributed by atoms with Crippen LogP contribution in [0.25, 0.3) is 21.9 Å². The maximum absolute atomic E-state index is 9.14. The zero-order chi connectivity index (χ0) is 24.6. The van der Waals surface area contributed by atoms with Gasteiger partial charge in [0.1, 0.15) is 22.8 Å². The van der Waals surface area contributed by atoms with E-state index in [4.69, 9.17) is 14.8 Å². The molecule has 1 aromatic heterocycles. The van der Waals surface area contributed by atoms with Gasteiger partial charge in [-0.3, -0.25) is 10.3 Å². The first-order chi connectivity index (χ1) is 17.6. The fourth-order valence-corrected chi connectivity index (χ4v) is 5.12. The van der Waals surface area contributed by atoms with Gasteiger partial charge in [0, 0.05) is 31.9 Å². The molecule has 0 spiro atoms. The lowest BCUT2D eigenvalue weighted by Crippen LogP contribution is -2.34. The first-order valence-corrected chi connectivity index (χ1v) is 12.9. The third kappa shape index (κ3) is 3.86. The van der Waals surface area contributed by atoms with Gasteiger partial charge in [-0.2, -0.15) is 0 Å². The number of aliphatic imine (C=N–C) groups is 1. The number of hydrogen-bond donors (Lipinski definition) is 1. The standard InChI is InChI=1S/C31H24BrN3O/c1-2-3-15-29-34-30(20-16-17-24-23-11-5-7-14-27(23)36-28(24)19-20)25-12-4-6-13-26(25)35(29)31(33)21-9-8-10-22(32)18-21/h4-19,33H,2-3H2,1H3/b29-15+,33-31?. The third-order valence-electron chi connectivity index (χ3n) is 6.44. The van der Waals surface area contributed by atoms with Crippen LogP contribution >= 0.6 is 15.9 Å². The number of amidine groups is 1. The molecule has 0 saturated carbocycles. The van der Waals surface area contributed by atoms with Crippen molar-refractivity contribution < 1.29 is 4.42 Å². The fourth-order valence-electron chi connectivity index (χ4n) is 4.72. The molecule has 36 heavy (non-hydrogen) atoms. The van der Waals surface area contributed by atoms with E-state index in [0.717, 1.165) is 73.2 Å².